The SMILES string of the molecule is COc1ccc(OC)c([C@H]2CC(c3cccc(Br)c3)=NN2S(C)(=O)=O)c1. The van der Waals surface area contributed by atoms with Gasteiger partial charge in [0.25, 0.3) is 0 Å². The van der Waals surface area contributed by atoms with Gasteiger partial charge in [0.05, 0.1) is 32.2 Å². The minimum atomic E-state index is -3.56. The van der Waals surface area contributed by atoms with Crippen molar-refractivity contribution in [3.8, 4) is 11.5 Å². The zero-order chi connectivity index (χ0) is 18.9. The third kappa shape index (κ3) is 3.71. The summed E-state index contributed by atoms with van der Waals surface area (Å²) in [6.07, 6.45) is 1.59. The highest BCUT2D eigenvalue weighted by Crippen LogP contribution is 2.40. The third-order valence-electron chi connectivity index (χ3n) is 4.17. The fraction of sp³-hybridized carbons (Fsp3) is 0.278. The van der Waals surface area contributed by atoms with E-state index in [1.54, 1.807) is 32.4 Å². The molecule has 2 aromatic carbocycles. The van der Waals surface area contributed by atoms with Crippen molar-refractivity contribution in [2.45, 2.75) is 12.5 Å². The fourth-order valence-electron chi connectivity index (χ4n) is 2.97. The number of nitrogens with zero attached hydrogens (tertiary/aromatic N) is 2. The van der Waals surface area contributed by atoms with Crippen LogP contribution in [0.1, 0.15) is 23.6 Å². The molecule has 0 N–H and O–H groups in total. The van der Waals surface area contributed by atoms with Crippen LogP contribution >= 0.6 is 15.9 Å². The molecule has 1 aliphatic heterocycles. The Balaban J connectivity index is 2.08. The maximum Gasteiger partial charge on any atom is 0.247 e. The van der Waals surface area contributed by atoms with Crippen molar-refractivity contribution in [2.24, 2.45) is 5.10 Å². The molecular formula is C18H19BrN2O4S. The Morgan fingerprint density at radius 3 is 2.54 bits per heavy atom. The summed E-state index contributed by atoms with van der Waals surface area (Å²) in [5.74, 6) is 1.22. The molecule has 0 saturated heterocycles. The van der Waals surface area contributed by atoms with Gasteiger partial charge in [-0.25, -0.2) is 8.42 Å². The van der Waals surface area contributed by atoms with Crippen molar-refractivity contribution in [1.82, 2.24) is 4.41 Å². The maximum atomic E-state index is 12.4. The number of benzene rings is 2. The van der Waals surface area contributed by atoms with Crippen LogP contribution in [-0.2, 0) is 10.0 Å². The van der Waals surface area contributed by atoms with Crippen molar-refractivity contribution in [3.63, 3.8) is 0 Å². The standard InChI is InChI=1S/C18H19BrN2O4S/c1-24-14-7-8-18(25-2)15(10-14)17-11-16(20-21(17)26(3,22)23)12-5-4-6-13(19)9-12/h4-10,17H,11H2,1-3H3/t17-/m1/s1. The fourth-order valence-corrected chi connectivity index (χ4v) is 4.26. The van der Waals surface area contributed by atoms with E-state index in [-0.39, 0.29) is 0 Å². The average molecular weight is 439 g/mol. The van der Waals surface area contributed by atoms with Gasteiger partial charge in [0, 0.05) is 16.5 Å². The van der Waals surface area contributed by atoms with E-state index in [1.165, 1.54) is 0 Å². The number of ether oxygens (including phenoxy) is 2. The number of hydrazone groups is 1. The van der Waals surface area contributed by atoms with Crippen molar-refractivity contribution >= 4 is 31.7 Å². The second-order valence-electron chi connectivity index (χ2n) is 5.92. The summed E-state index contributed by atoms with van der Waals surface area (Å²) >= 11 is 3.44. The van der Waals surface area contributed by atoms with Crippen LogP contribution in [0.4, 0.5) is 0 Å². The molecule has 0 amide bonds. The van der Waals surface area contributed by atoms with E-state index in [1.807, 2.05) is 24.3 Å². The minimum Gasteiger partial charge on any atom is -0.497 e. The first-order valence-corrected chi connectivity index (χ1v) is 10.5. The number of hydrogen-bond acceptors (Lipinski definition) is 5. The van der Waals surface area contributed by atoms with Crippen molar-refractivity contribution < 1.29 is 17.9 Å². The van der Waals surface area contributed by atoms with Gasteiger partial charge in [0.2, 0.25) is 10.0 Å². The summed E-state index contributed by atoms with van der Waals surface area (Å²) in [4.78, 5) is 0. The molecule has 0 bridgehead atoms. The molecule has 0 saturated carbocycles. The van der Waals surface area contributed by atoms with E-state index in [0.717, 1.165) is 20.7 Å². The number of sulfonamides is 1. The van der Waals surface area contributed by atoms with E-state index in [9.17, 15) is 8.42 Å². The van der Waals surface area contributed by atoms with Crippen LogP contribution in [0.2, 0.25) is 0 Å². The van der Waals surface area contributed by atoms with Gasteiger partial charge >= 0.3 is 0 Å². The van der Waals surface area contributed by atoms with Gasteiger partial charge < -0.3 is 9.47 Å². The van der Waals surface area contributed by atoms with E-state index in [4.69, 9.17) is 9.47 Å². The average Bonchev–Trinajstić information content (AvgIpc) is 3.07. The van der Waals surface area contributed by atoms with Crippen molar-refractivity contribution in [1.29, 1.82) is 0 Å². The monoisotopic (exact) mass is 438 g/mol. The predicted molar refractivity (Wildman–Crippen MR) is 104 cm³/mol. The Labute approximate surface area is 161 Å². The zero-order valence-electron chi connectivity index (χ0n) is 14.6. The first kappa shape index (κ1) is 18.7. The summed E-state index contributed by atoms with van der Waals surface area (Å²) in [5.41, 5.74) is 2.29. The zero-order valence-corrected chi connectivity index (χ0v) is 17.0. The number of rotatable bonds is 5. The molecule has 26 heavy (non-hydrogen) atoms. The van der Waals surface area contributed by atoms with Gasteiger partial charge in [-0.15, -0.1) is 0 Å². The van der Waals surface area contributed by atoms with Gasteiger partial charge in [-0.1, -0.05) is 28.1 Å². The molecule has 0 aliphatic carbocycles. The van der Waals surface area contributed by atoms with Crippen molar-refractivity contribution in [3.05, 3.63) is 58.1 Å². The smallest absolute Gasteiger partial charge is 0.247 e. The van der Waals surface area contributed by atoms with Gasteiger partial charge in [-0.3, -0.25) is 0 Å². The molecule has 0 radical (unpaired) electrons. The molecule has 0 spiro atoms. The molecule has 6 nitrogen and oxygen atoms in total. The van der Waals surface area contributed by atoms with Crippen LogP contribution in [0, 0.1) is 0 Å². The van der Waals surface area contributed by atoms with Gasteiger partial charge in [-0.05, 0) is 35.9 Å². The molecule has 1 aliphatic rings. The Bertz CT molecular complexity index is 959. The van der Waals surface area contributed by atoms with Gasteiger partial charge in [0.15, 0.2) is 0 Å². The van der Waals surface area contributed by atoms with Gasteiger partial charge in [-0.2, -0.15) is 9.52 Å². The summed E-state index contributed by atoms with van der Waals surface area (Å²) in [6.45, 7) is 0. The van der Waals surface area contributed by atoms with Crippen molar-refractivity contribution in [2.75, 3.05) is 20.5 Å². The number of methoxy groups -OCH3 is 2. The van der Waals surface area contributed by atoms with Crippen LogP contribution in [0.5, 0.6) is 11.5 Å². The quantitative estimate of drug-likeness (QED) is 0.715. The highest BCUT2D eigenvalue weighted by molar-refractivity contribution is 9.10. The summed E-state index contributed by atoms with van der Waals surface area (Å²) in [6, 6.07) is 12.5. The first-order valence-electron chi connectivity index (χ1n) is 7.88. The topological polar surface area (TPSA) is 68.2 Å². The van der Waals surface area contributed by atoms with Crippen LogP contribution in [0.3, 0.4) is 0 Å². The Kier molecular flexibility index (Phi) is 5.24. The van der Waals surface area contributed by atoms with E-state index >= 15 is 0 Å². The largest absolute Gasteiger partial charge is 0.497 e. The summed E-state index contributed by atoms with van der Waals surface area (Å²) in [7, 11) is -0.434. The van der Waals surface area contributed by atoms with Crippen LogP contribution in [0.25, 0.3) is 0 Å². The lowest BCUT2D eigenvalue weighted by Crippen LogP contribution is -2.26. The van der Waals surface area contributed by atoms with Crippen LogP contribution in [0.15, 0.2) is 52.0 Å². The molecule has 0 fully saturated rings. The second kappa shape index (κ2) is 7.28. The molecule has 3 rings (SSSR count). The Morgan fingerprint density at radius 2 is 1.92 bits per heavy atom. The van der Waals surface area contributed by atoms with E-state index in [0.29, 0.717) is 29.2 Å². The highest BCUT2D eigenvalue weighted by Gasteiger charge is 2.36. The molecule has 2 aromatic rings. The first-order chi connectivity index (χ1) is 12.3. The van der Waals surface area contributed by atoms with Crippen LogP contribution < -0.4 is 9.47 Å². The lowest BCUT2D eigenvalue weighted by Gasteiger charge is -2.23. The summed E-state index contributed by atoms with van der Waals surface area (Å²) in [5, 5.41) is 4.40. The lowest BCUT2D eigenvalue weighted by atomic mass is 9.98. The van der Waals surface area contributed by atoms with E-state index in [2.05, 4.69) is 21.0 Å². The highest BCUT2D eigenvalue weighted by atomic mass is 79.9. The molecule has 1 heterocycles. The number of hydrogen-bond donors (Lipinski definition) is 0. The predicted octanol–water partition coefficient (Wildman–Crippen LogP) is 3.58. The van der Waals surface area contributed by atoms with E-state index < -0.39 is 16.1 Å². The van der Waals surface area contributed by atoms with Crippen LogP contribution in [-0.4, -0.2) is 39.0 Å². The second-order valence-corrected chi connectivity index (χ2v) is 8.68. The molecular weight excluding hydrogens is 420 g/mol. The molecule has 1 atom stereocenters. The number of halogens is 1. The minimum absolute atomic E-state index is 0.438. The normalized spacial score (nSPS) is 17.2. The Morgan fingerprint density at radius 1 is 1.15 bits per heavy atom. The molecule has 0 aromatic heterocycles. The summed E-state index contributed by atoms with van der Waals surface area (Å²) < 4.78 is 37.5. The maximum absolute atomic E-state index is 12.4. The molecule has 8 heteroatoms. The molecule has 0 unspecified atom stereocenters. The Hall–Kier alpha value is -2.06. The lowest BCUT2D eigenvalue weighted by molar-refractivity contribution is 0.348. The molecule has 138 valence electrons. The third-order valence-corrected chi connectivity index (χ3v) is 5.68. The van der Waals surface area contributed by atoms with Gasteiger partial charge in [0.1, 0.15) is 11.5 Å².